The fraction of sp³-hybridized carbons (Fsp3) is 0.364. The van der Waals surface area contributed by atoms with Crippen molar-refractivity contribution in [2.45, 2.75) is 45.7 Å². The van der Waals surface area contributed by atoms with Gasteiger partial charge in [0.25, 0.3) is 0 Å². The molecule has 1 aromatic heterocycles. The van der Waals surface area contributed by atoms with Gasteiger partial charge in [-0.1, -0.05) is 36.7 Å². The fourth-order valence-electron chi connectivity index (χ4n) is 2.60. The molecular weight excluding hydrogens is 403 g/mol. The fourth-order valence-corrected chi connectivity index (χ4v) is 2.82. The summed E-state index contributed by atoms with van der Waals surface area (Å²) < 4.78 is 45.2. The van der Waals surface area contributed by atoms with Crippen LogP contribution in [0.15, 0.2) is 42.6 Å². The van der Waals surface area contributed by atoms with Gasteiger partial charge in [-0.25, -0.2) is 4.98 Å². The molecule has 0 amide bonds. The van der Waals surface area contributed by atoms with E-state index < -0.39 is 11.6 Å². The Morgan fingerprint density at radius 1 is 1.24 bits per heavy atom. The highest BCUT2D eigenvalue weighted by molar-refractivity contribution is 6.32. The molecule has 0 aliphatic carbocycles. The molecule has 2 rings (SSSR count). The van der Waals surface area contributed by atoms with Crippen LogP contribution in [0, 0.1) is 5.92 Å². The van der Waals surface area contributed by atoms with Crippen molar-refractivity contribution in [1.82, 2.24) is 4.98 Å². The average molecular weight is 426 g/mol. The molecule has 0 saturated heterocycles. The summed E-state index contributed by atoms with van der Waals surface area (Å²) in [6.45, 7) is 5.71. The molecule has 0 saturated carbocycles. The second-order valence-electron chi connectivity index (χ2n) is 7.54. The first kappa shape index (κ1) is 22.9. The van der Waals surface area contributed by atoms with Crippen molar-refractivity contribution in [3.05, 3.63) is 58.8 Å². The molecule has 0 aliphatic rings. The third kappa shape index (κ3) is 6.07. The lowest BCUT2D eigenvalue weighted by molar-refractivity contribution is -0.180. The number of rotatable bonds is 7. The van der Waals surface area contributed by atoms with Crippen LogP contribution in [0.4, 0.5) is 13.2 Å². The van der Waals surface area contributed by atoms with Crippen LogP contribution < -0.4 is 4.74 Å². The maximum Gasteiger partial charge on any atom is 0.397 e. The third-order valence-electron chi connectivity index (χ3n) is 4.56. The molecular formula is C22H23ClF3NO2. The minimum atomic E-state index is -4.40. The molecule has 1 atom stereocenters. The monoisotopic (exact) mass is 425 g/mol. The first-order valence-corrected chi connectivity index (χ1v) is 9.46. The minimum absolute atomic E-state index is 0.0514. The molecule has 1 aromatic carbocycles. The van der Waals surface area contributed by atoms with Gasteiger partial charge >= 0.3 is 6.18 Å². The Kier molecular flexibility index (Phi) is 7.11. The van der Waals surface area contributed by atoms with Gasteiger partial charge in [0.05, 0.1) is 10.4 Å². The number of nitrogens with zero attached hydrogens (tertiary/aromatic N) is 1. The normalized spacial score (nSPS) is 13.5. The summed E-state index contributed by atoms with van der Waals surface area (Å²) in [5, 5.41) is 0.0728. The van der Waals surface area contributed by atoms with Crippen molar-refractivity contribution in [2.24, 2.45) is 5.92 Å². The smallest absolute Gasteiger partial charge is 0.397 e. The van der Waals surface area contributed by atoms with E-state index in [-0.39, 0.29) is 33.9 Å². The number of benzene rings is 1. The summed E-state index contributed by atoms with van der Waals surface area (Å²) >= 11 is 6.13. The van der Waals surface area contributed by atoms with Crippen LogP contribution in [-0.2, 0) is 10.2 Å². The molecule has 0 N–H and O–H groups in total. The number of aromatic nitrogens is 1. The summed E-state index contributed by atoms with van der Waals surface area (Å²) in [6.07, 6.45) is 1.47. The average Bonchev–Trinajstić information content (AvgIpc) is 2.61. The quantitative estimate of drug-likeness (QED) is 0.479. The number of hydrogen-bond donors (Lipinski definition) is 0. The summed E-state index contributed by atoms with van der Waals surface area (Å²) in [5.74, 6) is 0.746. The summed E-state index contributed by atoms with van der Waals surface area (Å²) in [4.78, 5) is 15.3. The van der Waals surface area contributed by atoms with Crippen molar-refractivity contribution in [2.75, 3.05) is 0 Å². The highest BCUT2D eigenvalue weighted by atomic mass is 35.5. The Balaban J connectivity index is 2.11. The number of alkyl halides is 3. The van der Waals surface area contributed by atoms with Crippen molar-refractivity contribution >= 4 is 23.5 Å². The lowest BCUT2D eigenvalue weighted by Crippen LogP contribution is -2.36. The number of ether oxygens (including phenoxy) is 1. The van der Waals surface area contributed by atoms with Gasteiger partial charge < -0.3 is 9.53 Å². The number of hydrogen-bond acceptors (Lipinski definition) is 3. The van der Waals surface area contributed by atoms with Crippen molar-refractivity contribution < 1.29 is 22.7 Å². The lowest BCUT2D eigenvalue weighted by Gasteiger charge is -2.28. The van der Waals surface area contributed by atoms with Crippen molar-refractivity contribution in [3.8, 4) is 11.6 Å². The first-order valence-electron chi connectivity index (χ1n) is 9.08. The van der Waals surface area contributed by atoms with E-state index in [2.05, 4.69) is 4.98 Å². The molecule has 156 valence electrons. The second kappa shape index (κ2) is 8.99. The maximum atomic E-state index is 13.2. The summed E-state index contributed by atoms with van der Waals surface area (Å²) in [7, 11) is 0. The standard InChI is InChI=1S/C22H23ClF3NO2/c1-14(11-15(2)28)5-6-16-7-10-20(27-13-16)29-19-9-8-17(12-18(19)23)21(3,4)22(24,25)26/h5-10,12-14H,11H2,1-4H3/b6-5+/t14-/m0/s1. The molecule has 0 aliphatic heterocycles. The zero-order valence-corrected chi connectivity index (χ0v) is 17.4. The molecule has 3 nitrogen and oxygen atoms in total. The Hall–Kier alpha value is -2.34. The maximum absolute atomic E-state index is 13.2. The number of Topliss-reactive ketones (excluding diaryl/α,β-unsaturated/α-hetero) is 1. The zero-order valence-electron chi connectivity index (χ0n) is 16.7. The van der Waals surface area contributed by atoms with Crippen LogP contribution >= 0.6 is 11.6 Å². The number of pyridine rings is 1. The molecule has 1 heterocycles. The Bertz CT molecular complexity index is 890. The number of ketones is 1. The van der Waals surface area contributed by atoms with Crippen LogP contribution in [0.2, 0.25) is 5.02 Å². The minimum Gasteiger partial charge on any atom is -0.437 e. The van der Waals surface area contributed by atoms with E-state index >= 15 is 0 Å². The Morgan fingerprint density at radius 2 is 1.93 bits per heavy atom. The molecule has 7 heteroatoms. The van der Waals surface area contributed by atoms with Crippen LogP contribution in [0.5, 0.6) is 11.6 Å². The highest BCUT2D eigenvalue weighted by Gasteiger charge is 2.48. The lowest BCUT2D eigenvalue weighted by atomic mass is 9.84. The SMILES string of the molecule is CC(=O)C[C@@H](C)/C=C/c1ccc(Oc2ccc(C(C)(C)C(F)(F)F)cc2Cl)nc1. The van der Waals surface area contributed by atoms with Crippen LogP contribution in [0.3, 0.4) is 0 Å². The summed E-state index contributed by atoms with van der Waals surface area (Å²) in [6, 6.07) is 7.44. The first-order chi connectivity index (χ1) is 13.4. The Morgan fingerprint density at radius 3 is 2.45 bits per heavy atom. The third-order valence-corrected chi connectivity index (χ3v) is 4.86. The molecule has 0 radical (unpaired) electrons. The number of carbonyl (C=O) groups is 1. The van der Waals surface area contributed by atoms with E-state index in [1.54, 1.807) is 25.3 Å². The molecule has 0 unspecified atom stereocenters. The Labute approximate surface area is 173 Å². The van der Waals surface area contributed by atoms with Crippen molar-refractivity contribution in [1.29, 1.82) is 0 Å². The highest BCUT2D eigenvalue weighted by Crippen LogP contribution is 2.42. The predicted octanol–water partition coefficient (Wildman–Crippen LogP) is 7.00. The topological polar surface area (TPSA) is 39.2 Å². The number of halogens is 4. The molecule has 0 spiro atoms. The predicted molar refractivity (Wildman–Crippen MR) is 108 cm³/mol. The van der Waals surface area contributed by atoms with Crippen LogP contribution in [-0.4, -0.2) is 16.9 Å². The van der Waals surface area contributed by atoms with E-state index in [4.69, 9.17) is 16.3 Å². The number of carbonyl (C=O) groups excluding carboxylic acids is 1. The summed E-state index contributed by atoms with van der Waals surface area (Å²) in [5.41, 5.74) is -1.14. The van der Waals surface area contributed by atoms with Gasteiger partial charge in [-0.2, -0.15) is 13.2 Å². The largest absolute Gasteiger partial charge is 0.437 e. The van der Waals surface area contributed by atoms with Gasteiger partial charge in [-0.15, -0.1) is 0 Å². The molecule has 0 bridgehead atoms. The van der Waals surface area contributed by atoms with Crippen molar-refractivity contribution in [3.63, 3.8) is 0 Å². The van der Waals surface area contributed by atoms with Gasteiger partial charge in [-0.05, 0) is 56.0 Å². The van der Waals surface area contributed by atoms with E-state index in [1.807, 2.05) is 19.1 Å². The zero-order chi connectivity index (χ0) is 21.8. The molecule has 0 fully saturated rings. The number of allylic oxidation sites excluding steroid dienone is 1. The second-order valence-corrected chi connectivity index (χ2v) is 7.95. The van der Waals surface area contributed by atoms with Gasteiger partial charge in [0.15, 0.2) is 0 Å². The van der Waals surface area contributed by atoms with Gasteiger partial charge in [0.1, 0.15) is 11.5 Å². The van der Waals surface area contributed by atoms with Gasteiger partial charge in [0, 0.05) is 18.7 Å². The van der Waals surface area contributed by atoms with E-state index in [0.29, 0.717) is 6.42 Å². The van der Waals surface area contributed by atoms with Crippen LogP contribution in [0.1, 0.15) is 45.2 Å². The molecule has 29 heavy (non-hydrogen) atoms. The van der Waals surface area contributed by atoms with E-state index in [9.17, 15) is 18.0 Å². The van der Waals surface area contributed by atoms with Crippen LogP contribution in [0.25, 0.3) is 6.08 Å². The van der Waals surface area contributed by atoms with E-state index in [0.717, 1.165) is 19.4 Å². The van der Waals surface area contributed by atoms with E-state index in [1.165, 1.54) is 18.2 Å². The van der Waals surface area contributed by atoms with Gasteiger partial charge in [0.2, 0.25) is 5.88 Å². The van der Waals surface area contributed by atoms with Gasteiger partial charge in [-0.3, -0.25) is 0 Å². The molecule has 2 aromatic rings.